The third kappa shape index (κ3) is 3.81. The highest BCUT2D eigenvalue weighted by Gasteiger charge is 2.34. The molecule has 1 atom stereocenters. The lowest BCUT2D eigenvalue weighted by molar-refractivity contribution is -0.136. The number of hydrogen-bond acceptors (Lipinski definition) is 7. The summed E-state index contributed by atoms with van der Waals surface area (Å²) in [6.45, 7) is 5.70. The summed E-state index contributed by atoms with van der Waals surface area (Å²) >= 11 is 0. The number of amides is 1. The molecule has 0 spiro atoms. The van der Waals surface area contributed by atoms with Gasteiger partial charge in [0.05, 0.1) is 22.3 Å². The number of nitrogens with zero attached hydrogens (tertiary/aromatic N) is 6. The van der Waals surface area contributed by atoms with Crippen LogP contribution in [0.1, 0.15) is 18.2 Å². The second kappa shape index (κ2) is 8.24. The van der Waals surface area contributed by atoms with E-state index in [0.717, 1.165) is 6.07 Å². The lowest BCUT2D eigenvalue weighted by Gasteiger charge is -2.17. The van der Waals surface area contributed by atoms with Gasteiger partial charge in [0.1, 0.15) is 6.04 Å². The van der Waals surface area contributed by atoms with Crippen LogP contribution in [0.25, 0.3) is 27.9 Å². The standard InChI is InChI=1S/C21H22F3N9O/c1-3-32-10-13(11(2)30-32)17-29-18-12-5-4-6-14(21(22,23)24)16(12)28-20(33(18)31-17)27-15-9-25-7-8-26-19(15)34/h4-6,10,15,25H,3,7-9H2,1-2H3,(H,26,34)(H,27,28)/t15-/m0/s1. The normalized spacial score (nSPS) is 17.2. The molecule has 0 unspecified atom stereocenters. The summed E-state index contributed by atoms with van der Waals surface area (Å²) < 4.78 is 44.5. The highest BCUT2D eigenvalue weighted by Crippen LogP contribution is 2.36. The second-order valence-electron chi connectivity index (χ2n) is 7.98. The van der Waals surface area contributed by atoms with E-state index < -0.39 is 17.8 Å². The van der Waals surface area contributed by atoms with Crippen molar-refractivity contribution >= 4 is 28.4 Å². The van der Waals surface area contributed by atoms with Crippen molar-refractivity contribution in [1.82, 2.24) is 40.0 Å². The maximum atomic E-state index is 13.8. The summed E-state index contributed by atoms with van der Waals surface area (Å²) in [5.41, 5.74) is 0.378. The van der Waals surface area contributed by atoms with E-state index in [1.807, 2.05) is 13.8 Å². The van der Waals surface area contributed by atoms with Crippen LogP contribution in [0.4, 0.5) is 19.1 Å². The molecular weight excluding hydrogens is 451 g/mol. The predicted molar refractivity (Wildman–Crippen MR) is 118 cm³/mol. The summed E-state index contributed by atoms with van der Waals surface area (Å²) in [6, 6.07) is 3.06. The van der Waals surface area contributed by atoms with Gasteiger partial charge < -0.3 is 16.0 Å². The molecule has 178 valence electrons. The first kappa shape index (κ1) is 22.1. The Labute approximate surface area is 191 Å². The number of benzene rings is 1. The minimum Gasteiger partial charge on any atom is -0.353 e. The van der Waals surface area contributed by atoms with E-state index in [-0.39, 0.29) is 35.0 Å². The molecule has 0 saturated carbocycles. The largest absolute Gasteiger partial charge is 0.418 e. The number of aryl methyl sites for hydroxylation is 2. The molecule has 3 aromatic heterocycles. The van der Waals surface area contributed by atoms with Gasteiger partial charge in [-0.15, -0.1) is 5.10 Å². The SMILES string of the molecule is CCn1cc(-c2nc3c4cccc(C(F)(F)F)c4nc(N[C@H]4CNCCNC4=O)n3n2)c(C)n1. The Kier molecular flexibility index (Phi) is 5.35. The molecule has 5 rings (SSSR count). The topological polar surface area (TPSA) is 114 Å². The molecule has 3 N–H and O–H groups in total. The summed E-state index contributed by atoms with van der Waals surface area (Å²) in [4.78, 5) is 21.3. The summed E-state index contributed by atoms with van der Waals surface area (Å²) in [5, 5.41) is 18.0. The predicted octanol–water partition coefficient (Wildman–Crippen LogP) is 1.99. The Balaban J connectivity index is 1.74. The van der Waals surface area contributed by atoms with Crippen molar-refractivity contribution < 1.29 is 18.0 Å². The van der Waals surface area contributed by atoms with E-state index in [0.29, 0.717) is 36.7 Å². The third-order valence-corrected chi connectivity index (χ3v) is 5.69. The molecule has 34 heavy (non-hydrogen) atoms. The van der Waals surface area contributed by atoms with E-state index >= 15 is 0 Å². The van der Waals surface area contributed by atoms with Gasteiger partial charge in [0, 0.05) is 37.8 Å². The molecule has 10 nitrogen and oxygen atoms in total. The van der Waals surface area contributed by atoms with Crippen LogP contribution in [0, 0.1) is 6.92 Å². The number of para-hydroxylation sites is 1. The number of anilines is 1. The quantitative estimate of drug-likeness (QED) is 0.415. The smallest absolute Gasteiger partial charge is 0.353 e. The zero-order chi connectivity index (χ0) is 24.0. The lowest BCUT2D eigenvalue weighted by atomic mass is 10.1. The van der Waals surface area contributed by atoms with Crippen LogP contribution in [0.15, 0.2) is 24.4 Å². The van der Waals surface area contributed by atoms with Gasteiger partial charge in [-0.25, -0.2) is 9.97 Å². The molecule has 4 aromatic rings. The van der Waals surface area contributed by atoms with Crippen molar-refractivity contribution in [3.63, 3.8) is 0 Å². The minimum atomic E-state index is -4.62. The maximum absolute atomic E-state index is 13.8. The van der Waals surface area contributed by atoms with Gasteiger partial charge in [-0.05, 0) is 26.0 Å². The second-order valence-corrected chi connectivity index (χ2v) is 7.98. The van der Waals surface area contributed by atoms with Gasteiger partial charge in [-0.3, -0.25) is 9.48 Å². The summed E-state index contributed by atoms with van der Waals surface area (Å²) in [5.74, 6) is 0.00213. The first-order chi connectivity index (χ1) is 16.3. The Morgan fingerprint density at radius 3 is 2.76 bits per heavy atom. The van der Waals surface area contributed by atoms with Gasteiger partial charge in [0.25, 0.3) is 0 Å². The minimum absolute atomic E-state index is 0.0117. The number of hydrogen-bond donors (Lipinski definition) is 3. The molecule has 1 fully saturated rings. The van der Waals surface area contributed by atoms with Crippen molar-refractivity contribution in [2.45, 2.75) is 32.6 Å². The number of nitrogens with one attached hydrogen (secondary N) is 3. The number of carbonyl (C=O) groups is 1. The fraction of sp³-hybridized carbons (Fsp3) is 0.381. The van der Waals surface area contributed by atoms with E-state index in [4.69, 9.17) is 0 Å². The Morgan fingerprint density at radius 1 is 1.21 bits per heavy atom. The number of alkyl halides is 3. The fourth-order valence-corrected chi connectivity index (χ4v) is 3.98. The van der Waals surface area contributed by atoms with E-state index in [9.17, 15) is 18.0 Å². The van der Waals surface area contributed by atoms with Crippen LogP contribution < -0.4 is 16.0 Å². The third-order valence-electron chi connectivity index (χ3n) is 5.69. The van der Waals surface area contributed by atoms with Gasteiger partial charge in [0.2, 0.25) is 11.9 Å². The summed E-state index contributed by atoms with van der Waals surface area (Å²) in [7, 11) is 0. The molecule has 0 bridgehead atoms. The zero-order valence-electron chi connectivity index (χ0n) is 18.4. The monoisotopic (exact) mass is 473 g/mol. The average molecular weight is 473 g/mol. The van der Waals surface area contributed by atoms with Crippen molar-refractivity contribution in [1.29, 1.82) is 0 Å². The number of aromatic nitrogens is 6. The molecule has 1 aliphatic rings. The first-order valence-corrected chi connectivity index (χ1v) is 10.8. The number of carbonyl (C=O) groups excluding carboxylic acids is 1. The van der Waals surface area contributed by atoms with E-state index in [1.54, 1.807) is 10.9 Å². The lowest BCUT2D eigenvalue weighted by Crippen LogP contribution is -2.42. The van der Waals surface area contributed by atoms with Crippen molar-refractivity contribution in [3.8, 4) is 11.4 Å². The van der Waals surface area contributed by atoms with Crippen LogP contribution >= 0.6 is 0 Å². The van der Waals surface area contributed by atoms with Crippen LogP contribution in [0.2, 0.25) is 0 Å². The van der Waals surface area contributed by atoms with Crippen LogP contribution in [0.5, 0.6) is 0 Å². The Morgan fingerprint density at radius 2 is 2.03 bits per heavy atom. The highest BCUT2D eigenvalue weighted by molar-refractivity contribution is 5.95. The Hall–Kier alpha value is -3.74. The number of rotatable bonds is 4. The average Bonchev–Trinajstić information content (AvgIpc) is 3.34. The number of fused-ring (bicyclic) bond motifs is 3. The van der Waals surface area contributed by atoms with Crippen molar-refractivity contribution in [2.24, 2.45) is 0 Å². The fourth-order valence-electron chi connectivity index (χ4n) is 3.98. The van der Waals surface area contributed by atoms with Crippen LogP contribution in [0.3, 0.4) is 0 Å². The van der Waals surface area contributed by atoms with Crippen molar-refractivity contribution in [3.05, 3.63) is 35.7 Å². The molecule has 1 saturated heterocycles. The Bertz CT molecular complexity index is 1390. The van der Waals surface area contributed by atoms with Gasteiger partial charge >= 0.3 is 6.18 Å². The van der Waals surface area contributed by atoms with E-state index in [1.165, 1.54) is 16.6 Å². The first-order valence-electron chi connectivity index (χ1n) is 10.8. The molecule has 0 aliphatic carbocycles. The van der Waals surface area contributed by atoms with Crippen LogP contribution in [-0.2, 0) is 17.5 Å². The van der Waals surface area contributed by atoms with Gasteiger partial charge in [-0.1, -0.05) is 6.07 Å². The molecule has 4 heterocycles. The zero-order valence-corrected chi connectivity index (χ0v) is 18.4. The highest BCUT2D eigenvalue weighted by atomic mass is 19.4. The molecular formula is C21H22F3N9O. The van der Waals surface area contributed by atoms with E-state index in [2.05, 4.69) is 36.1 Å². The summed E-state index contributed by atoms with van der Waals surface area (Å²) in [6.07, 6.45) is -2.83. The molecule has 13 heteroatoms. The van der Waals surface area contributed by atoms with Gasteiger partial charge in [0.15, 0.2) is 11.5 Å². The number of halogens is 3. The van der Waals surface area contributed by atoms with Gasteiger partial charge in [-0.2, -0.15) is 22.8 Å². The molecule has 1 aliphatic heterocycles. The van der Waals surface area contributed by atoms with Crippen molar-refractivity contribution in [2.75, 3.05) is 25.0 Å². The molecule has 0 radical (unpaired) electrons. The molecule has 1 aromatic carbocycles. The van der Waals surface area contributed by atoms with Crippen LogP contribution in [-0.4, -0.2) is 60.9 Å². The maximum Gasteiger partial charge on any atom is 0.418 e. The molecule has 1 amide bonds.